The van der Waals surface area contributed by atoms with E-state index >= 15 is 0 Å². The minimum Gasteiger partial charge on any atom is -0.208 e. The van der Waals surface area contributed by atoms with Gasteiger partial charge in [0.05, 0.1) is 0 Å². The van der Waals surface area contributed by atoms with Crippen LogP contribution in [0.25, 0.3) is 11.4 Å². The highest BCUT2D eigenvalue weighted by molar-refractivity contribution is 9.11. The summed E-state index contributed by atoms with van der Waals surface area (Å²) in [6.45, 7) is 0. The summed E-state index contributed by atoms with van der Waals surface area (Å²) in [5.41, 5.74) is 4.10. The first-order valence-corrected chi connectivity index (χ1v) is 6.51. The lowest BCUT2D eigenvalue weighted by Crippen LogP contribution is -1.85. The molecule has 15 heavy (non-hydrogen) atoms. The van der Waals surface area contributed by atoms with Gasteiger partial charge in [-0.25, -0.2) is 4.98 Å². The van der Waals surface area contributed by atoms with Crippen LogP contribution in [0.5, 0.6) is 0 Å². The summed E-state index contributed by atoms with van der Waals surface area (Å²) in [4.78, 5) is 4.33. The topological polar surface area (TPSA) is 25.8 Å². The van der Waals surface area contributed by atoms with Crippen molar-refractivity contribution in [2.75, 3.05) is 0 Å². The SMILES string of the molecule is Brc1nc(-c2ccc3c(c2)CCC3)ns1. The van der Waals surface area contributed by atoms with E-state index in [2.05, 4.69) is 43.5 Å². The van der Waals surface area contributed by atoms with E-state index in [4.69, 9.17) is 0 Å². The smallest absolute Gasteiger partial charge is 0.179 e. The maximum Gasteiger partial charge on any atom is 0.179 e. The monoisotopic (exact) mass is 280 g/mol. The molecule has 0 spiro atoms. The molecule has 0 amide bonds. The molecule has 2 aromatic rings. The molecule has 0 saturated heterocycles. The van der Waals surface area contributed by atoms with Gasteiger partial charge in [0.25, 0.3) is 0 Å². The molecule has 1 heterocycles. The molecule has 1 aliphatic rings. The van der Waals surface area contributed by atoms with E-state index in [0.717, 1.165) is 15.3 Å². The summed E-state index contributed by atoms with van der Waals surface area (Å²) < 4.78 is 5.14. The van der Waals surface area contributed by atoms with Crippen LogP contribution in [0.15, 0.2) is 22.1 Å². The highest BCUT2D eigenvalue weighted by Gasteiger charge is 2.13. The number of halogens is 1. The van der Waals surface area contributed by atoms with Gasteiger partial charge in [0.2, 0.25) is 0 Å². The number of benzene rings is 1. The van der Waals surface area contributed by atoms with Crippen molar-refractivity contribution in [3.8, 4) is 11.4 Å². The zero-order chi connectivity index (χ0) is 10.3. The molecule has 0 saturated carbocycles. The lowest BCUT2D eigenvalue weighted by atomic mass is 10.1. The molecular weight excluding hydrogens is 272 g/mol. The maximum atomic E-state index is 4.33. The molecule has 0 N–H and O–H groups in total. The molecule has 4 heteroatoms. The van der Waals surface area contributed by atoms with Crippen molar-refractivity contribution < 1.29 is 0 Å². The quantitative estimate of drug-likeness (QED) is 0.800. The Morgan fingerprint density at radius 3 is 2.87 bits per heavy atom. The van der Waals surface area contributed by atoms with Crippen LogP contribution in [0.3, 0.4) is 0 Å². The molecule has 76 valence electrons. The molecule has 3 rings (SSSR count). The second-order valence-corrected chi connectivity index (χ2v) is 5.74. The van der Waals surface area contributed by atoms with E-state index in [1.807, 2.05) is 0 Å². The lowest BCUT2D eigenvalue weighted by molar-refractivity contribution is 0.912. The van der Waals surface area contributed by atoms with Crippen LogP contribution >= 0.6 is 27.5 Å². The second-order valence-electron chi connectivity index (χ2n) is 3.71. The fraction of sp³-hybridized carbons (Fsp3) is 0.273. The van der Waals surface area contributed by atoms with Gasteiger partial charge in [-0.05, 0) is 63.9 Å². The van der Waals surface area contributed by atoms with Gasteiger partial charge < -0.3 is 0 Å². The summed E-state index contributed by atoms with van der Waals surface area (Å²) in [6, 6.07) is 6.57. The number of nitrogens with zero attached hydrogens (tertiary/aromatic N) is 2. The molecular formula is C11H9BrN2S. The van der Waals surface area contributed by atoms with E-state index < -0.39 is 0 Å². The number of hydrogen-bond donors (Lipinski definition) is 0. The molecule has 0 bridgehead atoms. The van der Waals surface area contributed by atoms with Crippen molar-refractivity contribution in [1.82, 2.24) is 9.36 Å². The van der Waals surface area contributed by atoms with Gasteiger partial charge in [0.15, 0.2) is 9.74 Å². The minimum atomic E-state index is 0.835. The standard InChI is InChI=1S/C11H9BrN2S/c12-11-13-10(14-15-11)9-5-4-7-2-1-3-8(7)6-9/h4-6H,1-3H2. The molecule has 0 radical (unpaired) electrons. The molecule has 1 aliphatic carbocycles. The van der Waals surface area contributed by atoms with Crippen LogP contribution in [0.1, 0.15) is 17.5 Å². The van der Waals surface area contributed by atoms with Gasteiger partial charge in [0, 0.05) is 5.56 Å². The van der Waals surface area contributed by atoms with E-state index in [9.17, 15) is 0 Å². The fourth-order valence-corrected chi connectivity index (χ4v) is 2.85. The summed E-state index contributed by atoms with van der Waals surface area (Å²) in [5.74, 6) is 0.835. The van der Waals surface area contributed by atoms with Crippen LogP contribution in [0.4, 0.5) is 0 Å². The maximum absolute atomic E-state index is 4.33. The second kappa shape index (κ2) is 3.68. The normalized spacial score (nSPS) is 14.2. The third-order valence-electron chi connectivity index (χ3n) is 2.76. The highest BCUT2D eigenvalue weighted by Crippen LogP contribution is 2.28. The van der Waals surface area contributed by atoms with Crippen molar-refractivity contribution in [3.05, 3.63) is 33.2 Å². The largest absolute Gasteiger partial charge is 0.208 e. The summed E-state index contributed by atoms with van der Waals surface area (Å²) in [5, 5.41) is 0. The Morgan fingerprint density at radius 2 is 2.07 bits per heavy atom. The minimum absolute atomic E-state index is 0.835. The summed E-state index contributed by atoms with van der Waals surface area (Å²) in [7, 11) is 0. The number of aryl methyl sites for hydroxylation is 2. The molecule has 1 aromatic carbocycles. The lowest BCUT2D eigenvalue weighted by Gasteiger charge is -2.00. The Labute approximate surface area is 101 Å². The fourth-order valence-electron chi connectivity index (χ4n) is 2.03. The highest BCUT2D eigenvalue weighted by atomic mass is 79.9. The molecule has 0 atom stereocenters. The zero-order valence-corrected chi connectivity index (χ0v) is 10.4. The number of aromatic nitrogens is 2. The van der Waals surface area contributed by atoms with Gasteiger partial charge in [-0.15, -0.1) is 0 Å². The van der Waals surface area contributed by atoms with E-state index in [-0.39, 0.29) is 0 Å². The average molecular weight is 281 g/mol. The van der Waals surface area contributed by atoms with Crippen LogP contribution in [-0.4, -0.2) is 9.36 Å². The third-order valence-corrected chi connectivity index (χ3v) is 3.88. The van der Waals surface area contributed by atoms with Crippen molar-refractivity contribution >= 4 is 27.5 Å². The first-order valence-electron chi connectivity index (χ1n) is 4.94. The van der Waals surface area contributed by atoms with Gasteiger partial charge in [-0.2, -0.15) is 4.37 Å². The molecule has 0 unspecified atom stereocenters. The van der Waals surface area contributed by atoms with Gasteiger partial charge in [-0.1, -0.05) is 12.1 Å². The molecule has 0 fully saturated rings. The Bertz CT molecular complexity index is 507. The summed E-state index contributed by atoms with van der Waals surface area (Å²) in [6.07, 6.45) is 3.71. The third kappa shape index (κ3) is 1.72. The number of hydrogen-bond acceptors (Lipinski definition) is 3. The van der Waals surface area contributed by atoms with E-state index in [1.165, 1.54) is 41.9 Å². The van der Waals surface area contributed by atoms with Gasteiger partial charge >= 0.3 is 0 Å². The first-order chi connectivity index (χ1) is 7.33. The van der Waals surface area contributed by atoms with E-state index in [1.54, 1.807) is 0 Å². The van der Waals surface area contributed by atoms with Crippen molar-refractivity contribution in [2.45, 2.75) is 19.3 Å². The van der Waals surface area contributed by atoms with E-state index in [0.29, 0.717) is 0 Å². The van der Waals surface area contributed by atoms with Gasteiger partial charge in [-0.3, -0.25) is 0 Å². The van der Waals surface area contributed by atoms with Crippen molar-refractivity contribution in [3.63, 3.8) is 0 Å². The zero-order valence-electron chi connectivity index (χ0n) is 8.03. The molecule has 2 nitrogen and oxygen atoms in total. The van der Waals surface area contributed by atoms with Crippen LogP contribution in [0, 0.1) is 0 Å². The van der Waals surface area contributed by atoms with Gasteiger partial charge in [0.1, 0.15) is 0 Å². The average Bonchev–Trinajstić information content (AvgIpc) is 2.84. The predicted octanol–water partition coefficient (Wildman–Crippen LogP) is 3.46. The van der Waals surface area contributed by atoms with Crippen molar-refractivity contribution in [2.24, 2.45) is 0 Å². The molecule has 1 aromatic heterocycles. The Morgan fingerprint density at radius 1 is 1.20 bits per heavy atom. The Hall–Kier alpha value is -0.740. The van der Waals surface area contributed by atoms with Crippen molar-refractivity contribution in [1.29, 1.82) is 0 Å². The first kappa shape index (κ1) is 9.48. The van der Waals surface area contributed by atoms with Crippen LogP contribution < -0.4 is 0 Å². The predicted molar refractivity (Wildman–Crippen MR) is 65.1 cm³/mol. The number of fused-ring (bicyclic) bond motifs is 1. The summed E-state index contributed by atoms with van der Waals surface area (Å²) >= 11 is 4.72. The Balaban J connectivity index is 2.06. The van der Waals surface area contributed by atoms with Crippen LogP contribution in [-0.2, 0) is 12.8 Å². The number of rotatable bonds is 1. The van der Waals surface area contributed by atoms with Crippen LogP contribution in [0.2, 0.25) is 0 Å². The molecule has 0 aliphatic heterocycles. The Kier molecular flexibility index (Phi) is 2.33.